The highest BCUT2D eigenvalue weighted by molar-refractivity contribution is 5.95. The minimum atomic E-state index is -1.06. The molecule has 0 bridgehead atoms. The second-order valence-electron chi connectivity index (χ2n) is 8.87. The summed E-state index contributed by atoms with van der Waals surface area (Å²) in [5.41, 5.74) is 3.13. The van der Waals surface area contributed by atoms with Crippen LogP contribution in [-0.4, -0.2) is 48.8 Å². The van der Waals surface area contributed by atoms with Gasteiger partial charge in [0.25, 0.3) is 11.5 Å². The molecule has 1 fully saturated rings. The Kier molecular flexibility index (Phi) is 5.34. The van der Waals surface area contributed by atoms with E-state index in [9.17, 15) is 14.7 Å². The van der Waals surface area contributed by atoms with Crippen molar-refractivity contribution >= 4 is 11.4 Å². The van der Waals surface area contributed by atoms with Crippen molar-refractivity contribution in [2.75, 3.05) is 13.1 Å². The van der Waals surface area contributed by atoms with Crippen LogP contribution in [0.1, 0.15) is 28.8 Å². The third-order valence-electron chi connectivity index (χ3n) is 6.46. The van der Waals surface area contributed by atoms with E-state index in [2.05, 4.69) is 29.4 Å². The van der Waals surface area contributed by atoms with Gasteiger partial charge in [-0.1, -0.05) is 42.0 Å². The molecule has 0 radical (unpaired) electrons. The number of likely N-dealkylation sites (tertiary alicyclic amines) is 1. The lowest BCUT2D eigenvalue weighted by Gasteiger charge is -2.38. The number of carbonyl (C=O) groups is 1. The van der Waals surface area contributed by atoms with Crippen LogP contribution in [-0.2, 0) is 6.54 Å². The van der Waals surface area contributed by atoms with Crippen LogP contribution in [0, 0.1) is 6.92 Å². The fourth-order valence-corrected chi connectivity index (χ4v) is 4.43. The van der Waals surface area contributed by atoms with Crippen molar-refractivity contribution in [1.29, 1.82) is 0 Å². The minimum Gasteiger partial charge on any atom is -0.388 e. The van der Waals surface area contributed by atoms with Gasteiger partial charge in [0.05, 0.1) is 12.1 Å². The van der Waals surface area contributed by atoms with E-state index in [1.54, 1.807) is 23.2 Å². The number of aliphatic hydroxyl groups is 1. The fourth-order valence-electron chi connectivity index (χ4n) is 4.43. The number of fused-ring (bicyclic) bond motifs is 1. The van der Waals surface area contributed by atoms with Crippen molar-refractivity contribution in [2.45, 2.75) is 31.9 Å². The number of piperidine rings is 1. The van der Waals surface area contributed by atoms with E-state index in [4.69, 9.17) is 0 Å². The Balaban J connectivity index is 1.28. The number of hydrogen-bond acceptors (Lipinski definition) is 4. The lowest BCUT2D eigenvalue weighted by Crippen LogP contribution is -2.49. The molecule has 2 aromatic carbocycles. The quantitative estimate of drug-likeness (QED) is 0.527. The van der Waals surface area contributed by atoms with E-state index >= 15 is 0 Å². The molecule has 1 aliphatic rings. The average Bonchev–Trinajstić information content (AvgIpc) is 3.31. The molecule has 5 rings (SSSR count). The number of amides is 1. The Labute approximate surface area is 191 Å². The van der Waals surface area contributed by atoms with E-state index in [1.807, 2.05) is 31.2 Å². The standard InChI is InChI=1S/C26H26N4O3/c1-19-7-9-20(10-8-19)21-4-2-5-22(16-21)24(31)28-14-11-26(33,12-15-28)17-29-18-27-30-13-3-6-23(30)25(29)32/h2-10,13,16,18,33H,11-12,14-15,17H2,1H3. The van der Waals surface area contributed by atoms with Crippen molar-refractivity contribution in [1.82, 2.24) is 19.1 Å². The molecular weight excluding hydrogens is 416 g/mol. The van der Waals surface area contributed by atoms with Crippen LogP contribution >= 0.6 is 0 Å². The highest BCUT2D eigenvalue weighted by Gasteiger charge is 2.35. The molecule has 1 saturated heterocycles. The monoisotopic (exact) mass is 442 g/mol. The van der Waals surface area contributed by atoms with E-state index in [0.29, 0.717) is 37.0 Å². The first-order valence-corrected chi connectivity index (χ1v) is 11.1. The number of carbonyl (C=O) groups excluding carboxylic acids is 1. The average molecular weight is 443 g/mol. The topological polar surface area (TPSA) is 79.8 Å². The maximum Gasteiger partial charge on any atom is 0.277 e. The molecule has 2 aromatic heterocycles. The zero-order valence-electron chi connectivity index (χ0n) is 18.5. The SMILES string of the molecule is Cc1ccc(-c2cccc(C(=O)N3CCC(O)(Cn4cnn5cccc5c4=O)CC3)c2)cc1. The van der Waals surface area contributed by atoms with Gasteiger partial charge >= 0.3 is 0 Å². The van der Waals surface area contributed by atoms with Gasteiger partial charge in [0, 0.05) is 24.8 Å². The highest BCUT2D eigenvalue weighted by Crippen LogP contribution is 2.26. The molecule has 168 valence electrons. The molecule has 1 amide bonds. The summed E-state index contributed by atoms with van der Waals surface area (Å²) in [7, 11) is 0. The second-order valence-corrected chi connectivity index (χ2v) is 8.87. The smallest absolute Gasteiger partial charge is 0.277 e. The van der Waals surface area contributed by atoms with Crippen LogP contribution in [0.5, 0.6) is 0 Å². The number of aromatic nitrogens is 3. The summed E-state index contributed by atoms with van der Waals surface area (Å²) in [6, 6.07) is 19.4. The maximum atomic E-state index is 13.2. The minimum absolute atomic E-state index is 0.0422. The molecule has 33 heavy (non-hydrogen) atoms. The summed E-state index contributed by atoms with van der Waals surface area (Å²) < 4.78 is 2.98. The van der Waals surface area contributed by atoms with Crippen LogP contribution < -0.4 is 5.56 Å². The van der Waals surface area contributed by atoms with Gasteiger partial charge in [0.1, 0.15) is 11.8 Å². The van der Waals surface area contributed by atoms with Crippen LogP contribution in [0.15, 0.2) is 78.0 Å². The third-order valence-corrected chi connectivity index (χ3v) is 6.46. The van der Waals surface area contributed by atoms with E-state index in [0.717, 1.165) is 11.1 Å². The van der Waals surface area contributed by atoms with Gasteiger partial charge in [0.2, 0.25) is 0 Å². The summed E-state index contributed by atoms with van der Waals surface area (Å²) in [5, 5.41) is 15.3. The molecule has 1 N–H and O–H groups in total. The zero-order chi connectivity index (χ0) is 23.0. The third kappa shape index (κ3) is 4.19. The molecular formula is C26H26N4O3. The first-order valence-electron chi connectivity index (χ1n) is 11.1. The molecule has 0 atom stereocenters. The van der Waals surface area contributed by atoms with Gasteiger partial charge in [-0.25, -0.2) is 4.52 Å². The van der Waals surface area contributed by atoms with Gasteiger partial charge in [0.15, 0.2) is 0 Å². The van der Waals surface area contributed by atoms with Crippen LogP contribution in [0.3, 0.4) is 0 Å². The predicted octanol–water partition coefficient (Wildman–Crippen LogP) is 3.14. The van der Waals surface area contributed by atoms with Gasteiger partial charge in [-0.3, -0.25) is 14.2 Å². The van der Waals surface area contributed by atoms with E-state index < -0.39 is 5.60 Å². The van der Waals surface area contributed by atoms with Crippen LogP contribution in [0.2, 0.25) is 0 Å². The van der Waals surface area contributed by atoms with Gasteiger partial charge in [-0.15, -0.1) is 0 Å². The van der Waals surface area contributed by atoms with Crippen LogP contribution in [0.25, 0.3) is 16.6 Å². The summed E-state index contributed by atoms with van der Waals surface area (Å²) in [6.45, 7) is 3.07. The van der Waals surface area contributed by atoms with Crippen molar-refractivity contribution in [3.05, 3.63) is 94.7 Å². The van der Waals surface area contributed by atoms with E-state index in [1.165, 1.54) is 21.0 Å². The van der Waals surface area contributed by atoms with Crippen molar-refractivity contribution < 1.29 is 9.90 Å². The summed E-state index contributed by atoms with van der Waals surface area (Å²) in [4.78, 5) is 27.6. The van der Waals surface area contributed by atoms with Crippen molar-refractivity contribution in [3.63, 3.8) is 0 Å². The Hall–Kier alpha value is -3.71. The Bertz CT molecular complexity index is 1360. The number of nitrogens with zero attached hydrogens (tertiary/aromatic N) is 4. The van der Waals surface area contributed by atoms with E-state index in [-0.39, 0.29) is 18.0 Å². The first-order chi connectivity index (χ1) is 15.9. The lowest BCUT2D eigenvalue weighted by molar-refractivity contribution is -0.0300. The largest absolute Gasteiger partial charge is 0.388 e. The molecule has 1 aliphatic heterocycles. The van der Waals surface area contributed by atoms with Crippen molar-refractivity contribution in [3.8, 4) is 11.1 Å². The number of aryl methyl sites for hydroxylation is 1. The number of rotatable bonds is 4. The molecule has 7 nitrogen and oxygen atoms in total. The Morgan fingerprint density at radius 2 is 1.79 bits per heavy atom. The molecule has 0 unspecified atom stereocenters. The maximum absolute atomic E-state index is 13.2. The fraction of sp³-hybridized carbons (Fsp3) is 0.269. The normalized spacial score (nSPS) is 15.6. The van der Waals surface area contributed by atoms with Gasteiger partial charge < -0.3 is 10.0 Å². The first kappa shape index (κ1) is 21.2. The summed E-state index contributed by atoms with van der Waals surface area (Å²) in [5.74, 6) is -0.0422. The zero-order valence-corrected chi connectivity index (χ0v) is 18.5. The molecule has 0 aliphatic carbocycles. The Morgan fingerprint density at radius 3 is 2.55 bits per heavy atom. The molecule has 0 saturated carbocycles. The van der Waals surface area contributed by atoms with Gasteiger partial charge in [-0.05, 0) is 55.2 Å². The van der Waals surface area contributed by atoms with Crippen molar-refractivity contribution in [2.24, 2.45) is 0 Å². The molecule has 7 heteroatoms. The molecule has 3 heterocycles. The lowest BCUT2D eigenvalue weighted by atomic mass is 9.90. The number of hydrogen-bond donors (Lipinski definition) is 1. The van der Waals surface area contributed by atoms with Gasteiger partial charge in [-0.2, -0.15) is 5.10 Å². The number of benzene rings is 2. The second kappa shape index (κ2) is 8.33. The Morgan fingerprint density at radius 1 is 1.03 bits per heavy atom. The summed E-state index contributed by atoms with van der Waals surface area (Å²) >= 11 is 0. The predicted molar refractivity (Wildman–Crippen MR) is 126 cm³/mol. The molecule has 0 spiro atoms. The molecule has 4 aromatic rings. The summed E-state index contributed by atoms with van der Waals surface area (Å²) in [6.07, 6.45) is 3.97. The van der Waals surface area contributed by atoms with Crippen LogP contribution in [0.4, 0.5) is 0 Å². The highest BCUT2D eigenvalue weighted by atomic mass is 16.3.